The summed E-state index contributed by atoms with van der Waals surface area (Å²) in [7, 11) is 0. The van der Waals surface area contributed by atoms with E-state index in [0.29, 0.717) is 6.04 Å². The van der Waals surface area contributed by atoms with Crippen molar-refractivity contribution in [3.63, 3.8) is 0 Å². The van der Waals surface area contributed by atoms with Gasteiger partial charge in [-0.1, -0.05) is 6.92 Å². The summed E-state index contributed by atoms with van der Waals surface area (Å²) in [4.78, 5) is 13.5. The molecule has 1 fully saturated rings. The third-order valence-corrected chi connectivity index (χ3v) is 2.70. The number of rotatable bonds is 4. The van der Waals surface area contributed by atoms with Crippen LogP contribution in [0.2, 0.25) is 0 Å². The van der Waals surface area contributed by atoms with Crippen LogP contribution >= 0.6 is 0 Å². The molecule has 1 N–H and O–H groups in total. The number of carbonyl (C=O) groups is 1. The number of amides is 1. The van der Waals surface area contributed by atoms with E-state index in [2.05, 4.69) is 12.2 Å². The highest BCUT2D eigenvalue weighted by molar-refractivity contribution is 5.67. The van der Waals surface area contributed by atoms with Crippen molar-refractivity contribution in [3.05, 3.63) is 0 Å². The average Bonchev–Trinajstić information content (AvgIpc) is 2.26. The molecule has 1 aliphatic heterocycles. The van der Waals surface area contributed by atoms with Crippen LogP contribution in [0.25, 0.3) is 0 Å². The third-order valence-electron chi connectivity index (χ3n) is 2.70. The average molecular weight is 228 g/mol. The molecule has 1 amide bonds. The van der Waals surface area contributed by atoms with Crippen LogP contribution in [0.15, 0.2) is 0 Å². The van der Waals surface area contributed by atoms with Gasteiger partial charge in [0.05, 0.1) is 6.10 Å². The summed E-state index contributed by atoms with van der Waals surface area (Å²) in [5.74, 6) is 0. The van der Waals surface area contributed by atoms with Crippen LogP contribution in [0.3, 0.4) is 0 Å². The van der Waals surface area contributed by atoms with Crippen LogP contribution in [0.1, 0.15) is 40.0 Å². The van der Waals surface area contributed by atoms with Crippen LogP contribution in [-0.2, 0) is 4.74 Å². The Balaban J connectivity index is 2.34. The monoisotopic (exact) mass is 228 g/mol. The molecule has 1 saturated heterocycles. The van der Waals surface area contributed by atoms with E-state index in [0.717, 1.165) is 38.9 Å². The summed E-state index contributed by atoms with van der Waals surface area (Å²) in [5.41, 5.74) is 0. The van der Waals surface area contributed by atoms with Gasteiger partial charge in [0.1, 0.15) is 0 Å². The summed E-state index contributed by atoms with van der Waals surface area (Å²) in [6.45, 7) is 8.56. The standard InChI is InChI=1S/C12H24N2O2/c1-4-7-13-11-6-5-8-14(9-11)12(15)16-10(2)3/h10-11,13H,4-9H2,1-3H3. The van der Waals surface area contributed by atoms with Crippen LogP contribution in [0.4, 0.5) is 4.79 Å². The third kappa shape index (κ3) is 4.39. The Morgan fingerprint density at radius 1 is 1.56 bits per heavy atom. The molecule has 1 rings (SSSR count). The lowest BCUT2D eigenvalue weighted by Crippen LogP contribution is -2.48. The van der Waals surface area contributed by atoms with Crippen LogP contribution < -0.4 is 5.32 Å². The molecular weight excluding hydrogens is 204 g/mol. The van der Waals surface area contributed by atoms with Gasteiger partial charge in [0.25, 0.3) is 0 Å². The highest BCUT2D eigenvalue weighted by Gasteiger charge is 2.24. The molecule has 0 radical (unpaired) electrons. The molecule has 1 aliphatic rings. The highest BCUT2D eigenvalue weighted by Crippen LogP contribution is 2.11. The topological polar surface area (TPSA) is 41.6 Å². The number of likely N-dealkylation sites (tertiary alicyclic amines) is 1. The number of hydrogen-bond acceptors (Lipinski definition) is 3. The van der Waals surface area contributed by atoms with Gasteiger partial charge in [-0.25, -0.2) is 4.79 Å². The fourth-order valence-corrected chi connectivity index (χ4v) is 1.93. The van der Waals surface area contributed by atoms with Gasteiger partial charge in [-0.3, -0.25) is 0 Å². The summed E-state index contributed by atoms with van der Waals surface area (Å²) < 4.78 is 5.20. The molecule has 0 aromatic rings. The minimum absolute atomic E-state index is 0.0310. The number of nitrogens with one attached hydrogen (secondary N) is 1. The summed E-state index contributed by atoms with van der Waals surface area (Å²) in [6.07, 6.45) is 3.15. The molecule has 0 bridgehead atoms. The fraction of sp³-hybridized carbons (Fsp3) is 0.917. The van der Waals surface area contributed by atoms with Gasteiger partial charge < -0.3 is 15.0 Å². The number of hydrogen-bond donors (Lipinski definition) is 1. The Hall–Kier alpha value is -0.770. The molecule has 0 aromatic carbocycles. The molecule has 4 heteroatoms. The first kappa shape index (κ1) is 13.3. The predicted octanol–water partition coefficient (Wildman–Crippen LogP) is 2.00. The van der Waals surface area contributed by atoms with Crippen LogP contribution in [0, 0.1) is 0 Å². The number of carbonyl (C=O) groups excluding carboxylic acids is 1. The quantitative estimate of drug-likeness (QED) is 0.800. The predicted molar refractivity (Wildman–Crippen MR) is 64.5 cm³/mol. The summed E-state index contributed by atoms with van der Waals surface area (Å²) in [6, 6.07) is 0.438. The second kappa shape index (κ2) is 6.74. The van der Waals surface area contributed by atoms with Crippen molar-refractivity contribution < 1.29 is 9.53 Å². The molecular formula is C12H24N2O2. The maximum absolute atomic E-state index is 11.7. The molecule has 1 heterocycles. The molecule has 0 aromatic heterocycles. The lowest BCUT2D eigenvalue weighted by molar-refractivity contribution is 0.0662. The van der Waals surface area contributed by atoms with E-state index in [1.807, 2.05) is 18.7 Å². The van der Waals surface area contributed by atoms with Gasteiger partial charge in [-0.2, -0.15) is 0 Å². The minimum Gasteiger partial charge on any atom is -0.447 e. The second-order valence-electron chi connectivity index (χ2n) is 4.67. The van der Waals surface area contributed by atoms with Gasteiger partial charge >= 0.3 is 6.09 Å². The molecule has 1 atom stereocenters. The van der Waals surface area contributed by atoms with Gasteiger partial charge in [0.15, 0.2) is 0 Å². The van der Waals surface area contributed by atoms with Crippen molar-refractivity contribution in [2.75, 3.05) is 19.6 Å². The zero-order valence-corrected chi connectivity index (χ0v) is 10.7. The van der Waals surface area contributed by atoms with Gasteiger partial charge in [-0.05, 0) is 39.7 Å². The van der Waals surface area contributed by atoms with Crippen LogP contribution in [-0.4, -0.2) is 42.8 Å². The number of nitrogens with zero attached hydrogens (tertiary/aromatic N) is 1. The Morgan fingerprint density at radius 2 is 2.31 bits per heavy atom. The molecule has 16 heavy (non-hydrogen) atoms. The molecule has 0 saturated carbocycles. The van der Waals surface area contributed by atoms with E-state index in [1.54, 1.807) is 0 Å². The lowest BCUT2D eigenvalue weighted by atomic mass is 10.1. The maximum Gasteiger partial charge on any atom is 0.410 e. The SMILES string of the molecule is CCCNC1CCCN(C(=O)OC(C)C)C1. The van der Waals surface area contributed by atoms with E-state index in [-0.39, 0.29) is 12.2 Å². The van der Waals surface area contributed by atoms with Crippen molar-refractivity contribution in [2.24, 2.45) is 0 Å². The smallest absolute Gasteiger partial charge is 0.410 e. The van der Waals surface area contributed by atoms with E-state index < -0.39 is 0 Å². The van der Waals surface area contributed by atoms with E-state index in [1.165, 1.54) is 0 Å². The molecule has 94 valence electrons. The van der Waals surface area contributed by atoms with Gasteiger partial charge in [-0.15, -0.1) is 0 Å². The Morgan fingerprint density at radius 3 is 2.94 bits per heavy atom. The fourth-order valence-electron chi connectivity index (χ4n) is 1.93. The number of ether oxygens (including phenoxy) is 1. The zero-order valence-electron chi connectivity index (χ0n) is 10.7. The van der Waals surface area contributed by atoms with Crippen LogP contribution in [0.5, 0.6) is 0 Å². The molecule has 1 unspecified atom stereocenters. The first-order valence-corrected chi connectivity index (χ1v) is 6.32. The summed E-state index contributed by atoms with van der Waals surface area (Å²) in [5, 5.41) is 3.46. The molecule has 4 nitrogen and oxygen atoms in total. The minimum atomic E-state index is -0.169. The lowest BCUT2D eigenvalue weighted by Gasteiger charge is -2.33. The Bertz CT molecular complexity index is 219. The second-order valence-corrected chi connectivity index (χ2v) is 4.67. The zero-order chi connectivity index (χ0) is 12.0. The van der Waals surface area contributed by atoms with Gasteiger partial charge in [0, 0.05) is 19.1 Å². The van der Waals surface area contributed by atoms with Crippen molar-refractivity contribution >= 4 is 6.09 Å². The first-order valence-electron chi connectivity index (χ1n) is 6.32. The van der Waals surface area contributed by atoms with Crippen molar-refractivity contribution in [1.29, 1.82) is 0 Å². The van der Waals surface area contributed by atoms with Gasteiger partial charge in [0.2, 0.25) is 0 Å². The normalized spacial score (nSPS) is 21.2. The number of piperidine rings is 1. The first-order chi connectivity index (χ1) is 7.63. The Labute approximate surface area is 98.3 Å². The molecule has 0 aliphatic carbocycles. The van der Waals surface area contributed by atoms with Crippen molar-refractivity contribution in [1.82, 2.24) is 10.2 Å². The van der Waals surface area contributed by atoms with E-state index >= 15 is 0 Å². The van der Waals surface area contributed by atoms with Crippen molar-refractivity contribution in [3.8, 4) is 0 Å². The summed E-state index contributed by atoms with van der Waals surface area (Å²) >= 11 is 0. The maximum atomic E-state index is 11.7. The Kier molecular flexibility index (Phi) is 5.60. The van der Waals surface area contributed by atoms with E-state index in [4.69, 9.17) is 4.74 Å². The highest BCUT2D eigenvalue weighted by atomic mass is 16.6. The molecule has 0 spiro atoms. The largest absolute Gasteiger partial charge is 0.447 e. The van der Waals surface area contributed by atoms with Crippen molar-refractivity contribution in [2.45, 2.75) is 52.2 Å². The van der Waals surface area contributed by atoms with E-state index in [9.17, 15) is 4.79 Å².